The summed E-state index contributed by atoms with van der Waals surface area (Å²) in [6.07, 6.45) is 2.33. The van der Waals surface area contributed by atoms with Gasteiger partial charge in [0, 0.05) is 10.8 Å². The highest BCUT2D eigenvalue weighted by Crippen LogP contribution is 2.16. The Balaban J connectivity index is 2.55. The molecule has 0 atom stereocenters. The number of aromatic nitrogens is 4. The number of nitrogens with zero attached hydrogens (tertiary/aromatic N) is 4. The highest BCUT2D eigenvalue weighted by molar-refractivity contribution is 5.93. The monoisotopic (exact) mass is 198 g/mol. The van der Waals surface area contributed by atoms with Gasteiger partial charge in [0.05, 0.1) is 6.20 Å². The van der Waals surface area contributed by atoms with Gasteiger partial charge in [-0.25, -0.2) is 0 Å². The van der Waals surface area contributed by atoms with Crippen molar-refractivity contribution >= 4 is 22.7 Å². The molecule has 0 amide bonds. The van der Waals surface area contributed by atoms with E-state index in [0.717, 1.165) is 10.8 Å². The fourth-order valence-corrected chi connectivity index (χ4v) is 1.58. The molecule has 0 saturated carbocycles. The molecule has 2 heterocycles. The molecule has 0 saturated heterocycles. The van der Waals surface area contributed by atoms with E-state index in [4.69, 9.17) is 0 Å². The molecule has 0 aliphatic rings. The van der Waals surface area contributed by atoms with Crippen LogP contribution in [0.2, 0.25) is 0 Å². The number of carbonyl (C=O) groups is 1. The average Bonchev–Trinajstić information content (AvgIpc) is 2.72. The molecular weight excluding hydrogens is 192 g/mol. The molecule has 0 unspecified atom stereocenters. The molecule has 3 aromatic rings. The SMILES string of the molecule is O=Cc1nnc2c3ccccc3cnn12. The molecule has 72 valence electrons. The molecule has 0 bridgehead atoms. The van der Waals surface area contributed by atoms with Crippen LogP contribution in [0.1, 0.15) is 10.6 Å². The van der Waals surface area contributed by atoms with Crippen LogP contribution in [0.15, 0.2) is 30.5 Å². The number of hydrogen-bond donors (Lipinski definition) is 0. The van der Waals surface area contributed by atoms with Crippen LogP contribution in [0.25, 0.3) is 16.4 Å². The number of hydrogen-bond acceptors (Lipinski definition) is 4. The smallest absolute Gasteiger partial charge is 0.217 e. The normalized spacial score (nSPS) is 10.9. The van der Waals surface area contributed by atoms with Crippen molar-refractivity contribution < 1.29 is 4.79 Å². The van der Waals surface area contributed by atoms with Gasteiger partial charge in [0.25, 0.3) is 0 Å². The van der Waals surface area contributed by atoms with E-state index in [9.17, 15) is 4.79 Å². The summed E-state index contributed by atoms with van der Waals surface area (Å²) in [6, 6.07) is 7.71. The molecule has 1 aromatic carbocycles. The van der Waals surface area contributed by atoms with Gasteiger partial charge in [-0.2, -0.15) is 9.61 Å². The van der Waals surface area contributed by atoms with Gasteiger partial charge < -0.3 is 0 Å². The zero-order valence-electron chi connectivity index (χ0n) is 7.66. The second kappa shape index (κ2) is 2.84. The van der Waals surface area contributed by atoms with Gasteiger partial charge in [0.1, 0.15) is 0 Å². The van der Waals surface area contributed by atoms with Crippen molar-refractivity contribution in [3.8, 4) is 0 Å². The molecular formula is C10H6N4O. The van der Waals surface area contributed by atoms with Crippen LogP contribution in [0.3, 0.4) is 0 Å². The lowest BCUT2D eigenvalue weighted by Crippen LogP contribution is -1.96. The first kappa shape index (κ1) is 8.05. The Morgan fingerprint density at radius 3 is 2.93 bits per heavy atom. The molecule has 0 spiro atoms. The van der Waals surface area contributed by atoms with Crippen LogP contribution in [0.5, 0.6) is 0 Å². The number of aldehydes is 1. The Hall–Kier alpha value is -2.30. The molecule has 5 heteroatoms. The Morgan fingerprint density at radius 2 is 2.07 bits per heavy atom. The van der Waals surface area contributed by atoms with Crippen molar-refractivity contribution in [1.82, 2.24) is 19.8 Å². The largest absolute Gasteiger partial charge is 0.294 e. The zero-order valence-corrected chi connectivity index (χ0v) is 7.66. The van der Waals surface area contributed by atoms with Gasteiger partial charge >= 0.3 is 0 Å². The minimum absolute atomic E-state index is 0.218. The first-order valence-corrected chi connectivity index (χ1v) is 4.44. The van der Waals surface area contributed by atoms with Gasteiger partial charge in [0.15, 0.2) is 11.9 Å². The van der Waals surface area contributed by atoms with E-state index < -0.39 is 0 Å². The summed E-state index contributed by atoms with van der Waals surface area (Å²) in [5, 5.41) is 13.7. The van der Waals surface area contributed by atoms with Crippen LogP contribution in [-0.4, -0.2) is 26.1 Å². The maximum atomic E-state index is 10.7. The van der Waals surface area contributed by atoms with Crippen molar-refractivity contribution in [2.24, 2.45) is 0 Å². The predicted molar refractivity (Wildman–Crippen MR) is 53.7 cm³/mol. The highest BCUT2D eigenvalue weighted by Gasteiger charge is 2.07. The third-order valence-corrected chi connectivity index (χ3v) is 2.28. The third kappa shape index (κ3) is 1.03. The zero-order chi connectivity index (χ0) is 10.3. The third-order valence-electron chi connectivity index (χ3n) is 2.28. The average molecular weight is 198 g/mol. The van der Waals surface area contributed by atoms with E-state index in [2.05, 4.69) is 15.3 Å². The van der Waals surface area contributed by atoms with Crippen LogP contribution < -0.4 is 0 Å². The van der Waals surface area contributed by atoms with E-state index in [1.165, 1.54) is 4.52 Å². The van der Waals surface area contributed by atoms with Crippen LogP contribution >= 0.6 is 0 Å². The molecule has 15 heavy (non-hydrogen) atoms. The van der Waals surface area contributed by atoms with Crippen LogP contribution in [0, 0.1) is 0 Å². The number of carbonyl (C=O) groups excluding carboxylic acids is 1. The van der Waals surface area contributed by atoms with E-state index >= 15 is 0 Å². The minimum atomic E-state index is 0.218. The van der Waals surface area contributed by atoms with Crippen LogP contribution in [-0.2, 0) is 0 Å². The van der Waals surface area contributed by atoms with E-state index in [1.54, 1.807) is 6.20 Å². The van der Waals surface area contributed by atoms with Gasteiger partial charge in [-0.3, -0.25) is 4.79 Å². The molecule has 2 aromatic heterocycles. The fraction of sp³-hybridized carbons (Fsp3) is 0. The summed E-state index contributed by atoms with van der Waals surface area (Å²) in [5.74, 6) is 0.218. The van der Waals surface area contributed by atoms with Crippen LogP contribution in [0.4, 0.5) is 0 Å². The lowest BCUT2D eigenvalue weighted by atomic mass is 10.2. The van der Waals surface area contributed by atoms with Gasteiger partial charge in [0.2, 0.25) is 5.82 Å². The molecule has 0 aliphatic carbocycles. The highest BCUT2D eigenvalue weighted by atomic mass is 16.1. The summed E-state index contributed by atoms with van der Waals surface area (Å²) >= 11 is 0. The maximum absolute atomic E-state index is 10.7. The quantitative estimate of drug-likeness (QED) is 0.549. The first-order chi connectivity index (χ1) is 7.40. The molecule has 3 rings (SSSR count). The summed E-state index contributed by atoms with van der Waals surface area (Å²) in [6.45, 7) is 0. The summed E-state index contributed by atoms with van der Waals surface area (Å²) < 4.78 is 1.44. The van der Waals surface area contributed by atoms with Crippen molar-refractivity contribution in [3.05, 3.63) is 36.3 Å². The number of fused-ring (bicyclic) bond motifs is 3. The van der Waals surface area contributed by atoms with Crippen molar-refractivity contribution in [2.75, 3.05) is 0 Å². The minimum Gasteiger partial charge on any atom is -0.294 e. The molecule has 0 N–H and O–H groups in total. The van der Waals surface area contributed by atoms with E-state index in [-0.39, 0.29) is 5.82 Å². The van der Waals surface area contributed by atoms with Gasteiger partial charge in [-0.05, 0) is 0 Å². The summed E-state index contributed by atoms with van der Waals surface area (Å²) in [4.78, 5) is 10.7. The topological polar surface area (TPSA) is 60.2 Å². The van der Waals surface area contributed by atoms with E-state index in [0.29, 0.717) is 11.9 Å². The Bertz CT molecular complexity index is 659. The fourth-order valence-electron chi connectivity index (χ4n) is 1.58. The van der Waals surface area contributed by atoms with Crippen molar-refractivity contribution in [3.63, 3.8) is 0 Å². The van der Waals surface area contributed by atoms with Crippen molar-refractivity contribution in [2.45, 2.75) is 0 Å². The molecule has 0 radical (unpaired) electrons. The summed E-state index contributed by atoms with van der Waals surface area (Å²) in [5.41, 5.74) is 0.607. The Labute approximate surface area is 84.4 Å². The summed E-state index contributed by atoms with van der Waals surface area (Å²) in [7, 11) is 0. The molecule has 0 aliphatic heterocycles. The van der Waals surface area contributed by atoms with Gasteiger partial charge in [-0.15, -0.1) is 10.2 Å². The van der Waals surface area contributed by atoms with Gasteiger partial charge in [-0.1, -0.05) is 24.3 Å². The molecule has 5 nitrogen and oxygen atoms in total. The number of benzene rings is 1. The number of rotatable bonds is 1. The molecule has 0 fully saturated rings. The Kier molecular flexibility index (Phi) is 1.53. The second-order valence-electron chi connectivity index (χ2n) is 3.14. The predicted octanol–water partition coefficient (Wildman–Crippen LogP) is 1.09. The first-order valence-electron chi connectivity index (χ1n) is 4.44. The van der Waals surface area contributed by atoms with Crippen molar-refractivity contribution in [1.29, 1.82) is 0 Å². The lowest BCUT2D eigenvalue weighted by molar-refractivity contribution is 0.111. The second-order valence-corrected chi connectivity index (χ2v) is 3.14. The van der Waals surface area contributed by atoms with E-state index in [1.807, 2.05) is 24.3 Å². The Morgan fingerprint density at radius 1 is 1.20 bits per heavy atom. The lowest BCUT2D eigenvalue weighted by Gasteiger charge is -1.97. The standard InChI is InChI=1S/C10H6N4O/c15-6-9-12-13-10-8-4-2-1-3-7(8)5-11-14(9)10/h1-6H. The maximum Gasteiger partial charge on any atom is 0.217 e.